The van der Waals surface area contributed by atoms with Crippen LogP contribution in [-0.2, 0) is 28.0 Å². The molecule has 2 aromatic carbocycles. The second kappa shape index (κ2) is 15.4. The van der Waals surface area contributed by atoms with Gasteiger partial charge in [0.1, 0.15) is 0 Å². The van der Waals surface area contributed by atoms with Gasteiger partial charge in [-0.3, -0.25) is 14.2 Å². The Balaban J connectivity index is 2.12. The van der Waals surface area contributed by atoms with E-state index in [-0.39, 0.29) is 30.9 Å². The van der Waals surface area contributed by atoms with Crippen molar-refractivity contribution in [2.75, 3.05) is 60.0 Å². The molecule has 0 N–H and O–H groups in total. The Labute approximate surface area is 226 Å². The molecule has 8 nitrogen and oxygen atoms in total. The molecule has 0 saturated heterocycles. The zero-order valence-corrected chi connectivity index (χ0v) is 24.6. The van der Waals surface area contributed by atoms with Crippen molar-refractivity contribution in [1.82, 2.24) is 0 Å². The molecule has 0 aliphatic heterocycles. The van der Waals surface area contributed by atoms with Crippen LogP contribution in [-0.4, -0.2) is 71.0 Å². The highest BCUT2D eigenvalue weighted by Crippen LogP contribution is 2.54. The van der Waals surface area contributed by atoms with Crippen LogP contribution in [0.1, 0.15) is 54.1 Å². The predicted octanol–water partition coefficient (Wildman–Crippen LogP) is 5.51. The molecule has 0 bridgehead atoms. The van der Waals surface area contributed by atoms with E-state index in [4.69, 9.17) is 23.5 Å². The van der Waals surface area contributed by atoms with Crippen LogP contribution in [0.15, 0.2) is 24.3 Å². The normalized spacial score (nSPS) is 11.7. The van der Waals surface area contributed by atoms with Gasteiger partial charge in [-0.25, -0.2) is 0 Å². The van der Waals surface area contributed by atoms with Crippen molar-refractivity contribution in [3.05, 3.63) is 68.8 Å². The van der Waals surface area contributed by atoms with Crippen LogP contribution < -0.4 is 0 Å². The van der Waals surface area contributed by atoms with Crippen LogP contribution >= 0.6 is 7.37 Å². The topological polar surface area (TPSA) is 97.4 Å². The molecule has 0 heterocycles. The molecule has 0 radical (unpaired) electrons. The Morgan fingerprint density at radius 2 is 0.895 bits per heavy atom. The van der Waals surface area contributed by atoms with Crippen molar-refractivity contribution < 1.29 is 37.6 Å². The first kappa shape index (κ1) is 32.0. The van der Waals surface area contributed by atoms with Gasteiger partial charge in [-0.15, -0.1) is 0 Å². The van der Waals surface area contributed by atoms with Crippen LogP contribution in [0.2, 0.25) is 0 Å². The summed E-state index contributed by atoms with van der Waals surface area (Å²) in [6, 6.07) is 7.35. The SMILES string of the molecule is COCCOCCOCCOCCOP(=O)(C(=O)c1c(C)cc(C)cc1C)C(=O)c1c(C)cc(C)cc1C. The summed E-state index contributed by atoms with van der Waals surface area (Å²) in [5.74, 6) is 0. The zero-order valence-electron chi connectivity index (χ0n) is 23.7. The Bertz CT molecular complexity index is 1040. The quantitative estimate of drug-likeness (QED) is 0.189. The van der Waals surface area contributed by atoms with Gasteiger partial charge in [-0.2, -0.15) is 0 Å². The second-order valence-electron chi connectivity index (χ2n) is 9.37. The molecule has 210 valence electrons. The van der Waals surface area contributed by atoms with Crippen LogP contribution in [0.4, 0.5) is 0 Å². The molecule has 0 aliphatic carbocycles. The number of methoxy groups -OCH3 is 1. The van der Waals surface area contributed by atoms with Crippen LogP contribution in [0.5, 0.6) is 0 Å². The van der Waals surface area contributed by atoms with Crippen LogP contribution in [0, 0.1) is 41.5 Å². The van der Waals surface area contributed by atoms with Gasteiger partial charge >= 0.3 is 7.37 Å². The summed E-state index contributed by atoms with van der Waals surface area (Å²) in [7, 11) is -2.87. The molecule has 0 amide bonds. The summed E-state index contributed by atoms with van der Waals surface area (Å²) in [5.41, 5.74) is 3.52. The maximum atomic E-state index is 14.3. The fourth-order valence-electron chi connectivity index (χ4n) is 4.45. The lowest BCUT2D eigenvalue weighted by Crippen LogP contribution is -2.19. The van der Waals surface area contributed by atoms with Crippen LogP contribution in [0.3, 0.4) is 0 Å². The van der Waals surface area contributed by atoms with E-state index in [0.29, 0.717) is 55.3 Å². The van der Waals surface area contributed by atoms with Gasteiger partial charge in [0.15, 0.2) is 0 Å². The number of carbonyl (C=O) groups is 2. The molecule has 2 aromatic rings. The molecule has 0 unspecified atom stereocenters. The summed E-state index contributed by atoms with van der Waals surface area (Å²) < 4.78 is 41.1. The third-order valence-corrected chi connectivity index (χ3v) is 8.06. The lowest BCUT2D eigenvalue weighted by atomic mass is 10.0. The summed E-state index contributed by atoms with van der Waals surface area (Å²) in [6.45, 7) is 13.3. The van der Waals surface area contributed by atoms with E-state index < -0.39 is 18.4 Å². The molecule has 0 saturated carbocycles. The largest absolute Gasteiger partial charge is 0.382 e. The summed E-state index contributed by atoms with van der Waals surface area (Å²) in [5, 5.41) is 0. The van der Waals surface area contributed by atoms with E-state index in [2.05, 4.69) is 0 Å². The minimum atomic E-state index is -4.48. The highest BCUT2D eigenvalue weighted by atomic mass is 31.2. The monoisotopic (exact) mass is 548 g/mol. The first-order valence-electron chi connectivity index (χ1n) is 12.7. The minimum Gasteiger partial charge on any atom is -0.382 e. The average Bonchev–Trinajstić information content (AvgIpc) is 2.83. The molecule has 2 rings (SSSR count). The maximum Gasteiger partial charge on any atom is 0.340 e. The average molecular weight is 549 g/mol. The highest BCUT2D eigenvalue weighted by Gasteiger charge is 2.44. The summed E-state index contributed by atoms with van der Waals surface area (Å²) >= 11 is 0. The fraction of sp³-hybridized carbons (Fsp3) is 0.517. The molecule has 0 aromatic heterocycles. The summed E-state index contributed by atoms with van der Waals surface area (Å²) in [6.07, 6.45) is 0. The van der Waals surface area contributed by atoms with Crippen molar-refractivity contribution in [3.63, 3.8) is 0 Å². The second-order valence-corrected chi connectivity index (χ2v) is 11.5. The smallest absolute Gasteiger partial charge is 0.340 e. The van der Waals surface area contributed by atoms with Crippen molar-refractivity contribution >= 4 is 18.4 Å². The number of hydrogen-bond acceptors (Lipinski definition) is 8. The molecule has 38 heavy (non-hydrogen) atoms. The van der Waals surface area contributed by atoms with E-state index in [1.165, 1.54) is 0 Å². The Morgan fingerprint density at radius 1 is 0.579 bits per heavy atom. The lowest BCUT2D eigenvalue weighted by molar-refractivity contribution is 0.000280. The maximum absolute atomic E-state index is 14.3. The Morgan fingerprint density at radius 3 is 1.24 bits per heavy atom. The van der Waals surface area contributed by atoms with Crippen molar-refractivity contribution in [3.8, 4) is 0 Å². The van der Waals surface area contributed by atoms with Gasteiger partial charge in [0.05, 0.1) is 52.9 Å². The predicted molar refractivity (Wildman–Crippen MR) is 148 cm³/mol. The standard InChI is InChI=1S/C29H41O8P/c1-20-16-22(3)26(23(4)17-20)28(30)38(32,29(31)27-24(5)18-21(2)19-25(27)6)37-15-14-36-13-12-35-11-10-34-9-8-33-7/h16-19H,8-15H2,1-7H3. The number of rotatable bonds is 17. The van der Waals surface area contributed by atoms with E-state index in [1.807, 2.05) is 38.1 Å². The van der Waals surface area contributed by atoms with E-state index in [0.717, 1.165) is 11.1 Å². The van der Waals surface area contributed by atoms with Gasteiger partial charge in [0.2, 0.25) is 0 Å². The van der Waals surface area contributed by atoms with Crippen molar-refractivity contribution in [2.24, 2.45) is 0 Å². The number of benzene rings is 2. The van der Waals surface area contributed by atoms with Crippen molar-refractivity contribution in [2.45, 2.75) is 41.5 Å². The van der Waals surface area contributed by atoms with Gasteiger partial charge in [0.25, 0.3) is 11.0 Å². The number of ether oxygens (including phenoxy) is 4. The van der Waals surface area contributed by atoms with Gasteiger partial charge in [0, 0.05) is 18.2 Å². The number of carbonyl (C=O) groups excluding carboxylic acids is 2. The van der Waals surface area contributed by atoms with Gasteiger partial charge < -0.3 is 23.5 Å². The molecule has 0 fully saturated rings. The Hall–Kier alpha value is -2.19. The third-order valence-electron chi connectivity index (χ3n) is 5.99. The number of aryl methyl sites for hydroxylation is 6. The minimum absolute atomic E-state index is 0.0516. The highest BCUT2D eigenvalue weighted by molar-refractivity contribution is 7.91. The van der Waals surface area contributed by atoms with E-state index in [9.17, 15) is 14.2 Å². The zero-order chi connectivity index (χ0) is 28.3. The first-order valence-corrected chi connectivity index (χ1v) is 14.4. The van der Waals surface area contributed by atoms with E-state index in [1.54, 1.807) is 34.8 Å². The van der Waals surface area contributed by atoms with Crippen molar-refractivity contribution in [1.29, 1.82) is 0 Å². The molecule has 0 atom stereocenters. The molecule has 9 heteroatoms. The van der Waals surface area contributed by atoms with Gasteiger partial charge in [-0.1, -0.05) is 35.4 Å². The van der Waals surface area contributed by atoms with E-state index >= 15 is 0 Å². The number of hydrogen-bond donors (Lipinski definition) is 0. The molecular weight excluding hydrogens is 507 g/mol. The Kier molecular flexibility index (Phi) is 13.0. The molecule has 0 spiro atoms. The fourth-order valence-corrected chi connectivity index (χ4v) is 6.49. The van der Waals surface area contributed by atoms with Gasteiger partial charge in [-0.05, 0) is 63.8 Å². The van der Waals surface area contributed by atoms with Crippen LogP contribution in [0.25, 0.3) is 0 Å². The molecule has 0 aliphatic rings. The molecular formula is C29H41O8P. The first-order chi connectivity index (χ1) is 18.0. The third kappa shape index (κ3) is 8.67. The lowest BCUT2D eigenvalue weighted by Gasteiger charge is -2.21. The summed E-state index contributed by atoms with van der Waals surface area (Å²) in [4.78, 5) is 27.5.